The van der Waals surface area contributed by atoms with Crippen LogP contribution in [0.15, 0.2) is 23.6 Å². The van der Waals surface area contributed by atoms with Crippen LogP contribution in [0.5, 0.6) is 5.75 Å². The van der Waals surface area contributed by atoms with Crippen molar-refractivity contribution < 1.29 is 4.74 Å². The maximum Gasteiger partial charge on any atom is 0.144 e. The zero-order valence-electron chi connectivity index (χ0n) is 12.2. The van der Waals surface area contributed by atoms with Crippen molar-refractivity contribution >= 4 is 22.7 Å². The number of benzene rings is 1. The van der Waals surface area contributed by atoms with E-state index in [0.717, 1.165) is 35.1 Å². The molecule has 0 amide bonds. The van der Waals surface area contributed by atoms with Gasteiger partial charge in [0, 0.05) is 24.2 Å². The monoisotopic (exact) mass is 291 g/mol. The molecule has 2 N–H and O–H groups in total. The second-order valence-corrected chi connectivity index (χ2v) is 5.85. The van der Waals surface area contributed by atoms with Gasteiger partial charge < -0.3 is 15.4 Å². The average Bonchev–Trinajstić information content (AvgIpc) is 2.83. The van der Waals surface area contributed by atoms with Crippen LogP contribution in [0.4, 0.5) is 11.4 Å². The van der Waals surface area contributed by atoms with Crippen LogP contribution in [0.2, 0.25) is 0 Å². The third kappa shape index (κ3) is 3.63. The van der Waals surface area contributed by atoms with Crippen molar-refractivity contribution in [2.45, 2.75) is 26.8 Å². The molecule has 0 saturated heterocycles. The summed E-state index contributed by atoms with van der Waals surface area (Å²) >= 11 is 1.68. The van der Waals surface area contributed by atoms with E-state index < -0.39 is 0 Å². The third-order valence-corrected chi connectivity index (χ3v) is 3.79. The van der Waals surface area contributed by atoms with Crippen molar-refractivity contribution in [1.29, 1.82) is 0 Å². The van der Waals surface area contributed by atoms with Gasteiger partial charge in [0.25, 0.3) is 0 Å². The van der Waals surface area contributed by atoms with Crippen molar-refractivity contribution in [2.75, 3.05) is 24.3 Å². The largest absolute Gasteiger partial charge is 0.491 e. The van der Waals surface area contributed by atoms with Gasteiger partial charge in [-0.3, -0.25) is 0 Å². The molecule has 108 valence electrons. The van der Waals surface area contributed by atoms with Crippen molar-refractivity contribution in [2.24, 2.45) is 0 Å². The maximum atomic E-state index is 5.93. The Labute approximate surface area is 124 Å². The van der Waals surface area contributed by atoms with E-state index in [4.69, 9.17) is 10.5 Å². The molecular weight excluding hydrogens is 270 g/mol. The minimum Gasteiger partial charge on any atom is -0.491 e. The van der Waals surface area contributed by atoms with Gasteiger partial charge in [0.1, 0.15) is 5.75 Å². The Hall–Kier alpha value is -1.75. The predicted molar refractivity (Wildman–Crippen MR) is 85.6 cm³/mol. The molecule has 0 radical (unpaired) electrons. The number of hydrogen-bond donors (Lipinski definition) is 1. The van der Waals surface area contributed by atoms with E-state index in [1.807, 2.05) is 32.2 Å². The van der Waals surface area contributed by atoms with E-state index in [0.29, 0.717) is 12.3 Å². The Balaban J connectivity index is 2.10. The number of hydrogen-bond acceptors (Lipinski definition) is 5. The third-order valence-electron chi connectivity index (χ3n) is 2.97. The topological polar surface area (TPSA) is 51.4 Å². The van der Waals surface area contributed by atoms with Crippen LogP contribution < -0.4 is 15.4 Å². The summed E-state index contributed by atoms with van der Waals surface area (Å²) in [5, 5.41) is 3.19. The summed E-state index contributed by atoms with van der Waals surface area (Å²) in [5.41, 5.74) is 8.78. The number of nitrogens with two attached hydrogens (primary N) is 1. The van der Waals surface area contributed by atoms with Crippen LogP contribution in [0.1, 0.15) is 24.0 Å². The first-order chi connectivity index (χ1) is 9.60. The van der Waals surface area contributed by atoms with Gasteiger partial charge in [-0.25, -0.2) is 4.98 Å². The van der Waals surface area contributed by atoms with Gasteiger partial charge in [0.2, 0.25) is 0 Å². The lowest BCUT2D eigenvalue weighted by atomic mass is 10.2. The fourth-order valence-electron chi connectivity index (χ4n) is 1.91. The molecule has 0 spiro atoms. The first-order valence-electron chi connectivity index (χ1n) is 6.74. The summed E-state index contributed by atoms with van der Waals surface area (Å²) in [6, 6.07) is 5.89. The van der Waals surface area contributed by atoms with Gasteiger partial charge in [-0.2, -0.15) is 0 Å². The van der Waals surface area contributed by atoms with Gasteiger partial charge in [-0.15, -0.1) is 11.3 Å². The zero-order valence-corrected chi connectivity index (χ0v) is 13.0. The van der Waals surface area contributed by atoms with Gasteiger partial charge in [-0.05, 0) is 25.5 Å². The minimum absolute atomic E-state index is 0.681. The standard InChI is InChI=1S/C15H21N3OS/c1-4-7-19-15-8-13(5-6-14(15)16)18(3)9-12-10-20-11(2)17-12/h5-6,8,10H,4,7,9,16H2,1-3H3. The van der Waals surface area contributed by atoms with E-state index in [1.165, 1.54) is 0 Å². The minimum atomic E-state index is 0.681. The Morgan fingerprint density at radius 3 is 2.85 bits per heavy atom. The van der Waals surface area contributed by atoms with Crippen molar-refractivity contribution in [1.82, 2.24) is 4.98 Å². The molecule has 0 aliphatic rings. The summed E-state index contributed by atoms with van der Waals surface area (Å²) in [6.45, 7) is 5.56. The second kappa shape index (κ2) is 6.61. The summed E-state index contributed by atoms with van der Waals surface area (Å²) in [4.78, 5) is 6.63. The van der Waals surface area contributed by atoms with Crippen LogP contribution in [0, 0.1) is 6.92 Å². The van der Waals surface area contributed by atoms with Crippen LogP contribution in [0.3, 0.4) is 0 Å². The highest BCUT2D eigenvalue weighted by molar-refractivity contribution is 7.09. The van der Waals surface area contributed by atoms with E-state index in [9.17, 15) is 0 Å². The predicted octanol–water partition coefficient (Wildman–Crippen LogP) is 3.46. The summed E-state index contributed by atoms with van der Waals surface area (Å²) in [5.74, 6) is 0.755. The molecule has 1 aromatic carbocycles. The molecule has 0 atom stereocenters. The highest BCUT2D eigenvalue weighted by Crippen LogP contribution is 2.28. The molecule has 0 aliphatic carbocycles. The smallest absolute Gasteiger partial charge is 0.144 e. The molecule has 2 rings (SSSR count). The van der Waals surface area contributed by atoms with Crippen LogP contribution >= 0.6 is 11.3 Å². The number of ether oxygens (including phenoxy) is 1. The number of rotatable bonds is 6. The first-order valence-corrected chi connectivity index (χ1v) is 7.62. The number of nitrogen functional groups attached to an aromatic ring is 1. The van der Waals surface area contributed by atoms with Crippen LogP contribution in [0.25, 0.3) is 0 Å². The number of nitrogens with zero attached hydrogens (tertiary/aromatic N) is 2. The Morgan fingerprint density at radius 1 is 1.40 bits per heavy atom. The maximum absolute atomic E-state index is 5.93. The molecule has 0 bridgehead atoms. The number of thiazole rings is 1. The quantitative estimate of drug-likeness (QED) is 0.828. The zero-order chi connectivity index (χ0) is 14.5. The molecule has 0 fully saturated rings. The van der Waals surface area contributed by atoms with Crippen molar-refractivity contribution in [3.8, 4) is 5.75 Å². The fourth-order valence-corrected chi connectivity index (χ4v) is 2.52. The molecule has 4 nitrogen and oxygen atoms in total. The van der Waals surface area contributed by atoms with Crippen LogP contribution in [-0.2, 0) is 6.54 Å². The lowest BCUT2D eigenvalue weighted by Gasteiger charge is -2.19. The molecule has 2 aromatic rings. The number of aromatic nitrogens is 1. The molecule has 5 heteroatoms. The summed E-state index contributed by atoms with van der Waals surface area (Å²) in [6.07, 6.45) is 0.970. The van der Waals surface area contributed by atoms with E-state index in [1.54, 1.807) is 11.3 Å². The number of anilines is 2. The highest BCUT2D eigenvalue weighted by Gasteiger charge is 2.08. The SMILES string of the molecule is CCCOc1cc(N(C)Cc2csc(C)n2)ccc1N. The van der Waals surface area contributed by atoms with Gasteiger partial charge in [0.05, 0.1) is 29.5 Å². The van der Waals surface area contributed by atoms with Gasteiger partial charge in [0.15, 0.2) is 0 Å². The Kier molecular flexibility index (Phi) is 4.84. The summed E-state index contributed by atoms with van der Waals surface area (Å²) < 4.78 is 5.67. The number of aryl methyl sites for hydroxylation is 1. The second-order valence-electron chi connectivity index (χ2n) is 4.78. The lowest BCUT2D eigenvalue weighted by molar-refractivity contribution is 0.319. The molecule has 0 unspecified atom stereocenters. The molecule has 1 heterocycles. The lowest BCUT2D eigenvalue weighted by Crippen LogP contribution is -2.16. The molecular formula is C15H21N3OS. The molecule has 0 aliphatic heterocycles. The van der Waals surface area contributed by atoms with E-state index in [-0.39, 0.29) is 0 Å². The first kappa shape index (κ1) is 14.7. The van der Waals surface area contributed by atoms with Crippen molar-refractivity contribution in [3.05, 3.63) is 34.3 Å². The highest BCUT2D eigenvalue weighted by atomic mass is 32.1. The van der Waals surface area contributed by atoms with Crippen LogP contribution in [-0.4, -0.2) is 18.6 Å². The fraction of sp³-hybridized carbons (Fsp3) is 0.400. The van der Waals surface area contributed by atoms with Gasteiger partial charge in [-0.1, -0.05) is 6.92 Å². The van der Waals surface area contributed by atoms with Gasteiger partial charge >= 0.3 is 0 Å². The molecule has 0 saturated carbocycles. The molecule has 1 aromatic heterocycles. The normalized spacial score (nSPS) is 10.6. The van der Waals surface area contributed by atoms with Crippen molar-refractivity contribution in [3.63, 3.8) is 0 Å². The average molecular weight is 291 g/mol. The molecule has 20 heavy (non-hydrogen) atoms. The Morgan fingerprint density at radius 2 is 2.20 bits per heavy atom. The Bertz CT molecular complexity index is 568. The van der Waals surface area contributed by atoms with E-state index >= 15 is 0 Å². The summed E-state index contributed by atoms with van der Waals surface area (Å²) in [7, 11) is 2.05. The van der Waals surface area contributed by atoms with E-state index in [2.05, 4.69) is 22.2 Å².